The third-order valence-electron chi connectivity index (χ3n) is 2.68. The monoisotopic (exact) mass is 258 g/mol. The first kappa shape index (κ1) is 13.0. The van der Waals surface area contributed by atoms with Crippen LogP contribution in [0.15, 0.2) is 41.5 Å². The van der Waals surface area contributed by atoms with Crippen LogP contribution < -0.4 is 10.9 Å². The molecule has 0 amide bonds. The molecular weight excluding hydrogens is 244 g/mol. The van der Waals surface area contributed by atoms with E-state index in [1.165, 1.54) is 6.33 Å². The number of nitrogens with one attached hydrogen (secondary N) is 3. The van der Waals surface area contributed by atoms with Crippen LogP contribution in [0.5, 0.6) is 0 Å². The second-order valence-electron chi connectivity index (χ2n) is 3.95. The van der Waals surface area contributed by atoms with Gasteiger partial charge in [0.05, 0.1) is 18.0 Å². The average Bonchev–Trinajstić information content (AvgIpc) is 2.45. The summed E-state index contributed by atoms with van der Waals surface area (Å²) in [5.74, 6) is 0.286. The molecule has 0 spiro atoms. The third kappa shape index (κ3) is 3.05. The Hall–Kier alpha value is -2.47. The van der Waals surface area contributed by atoms with Crippen molar-refractivity contribution in [1.82, 2.24) is 9.97 Å². The number of rotatable bonds is 5. The Morgan fingerprint density at radius 3 is 2.84 bits per heavy atom. The Kier molecular flexibility index (Phi) is 4.04. The number of aromatic amines is 1. The molecule has 1 aromatic heterocycles. The first-order chi connectivity index (χ1) is 9.22. The van der Waals surface area contributed by atoms with Crippen molar-refractivity contribution in [2.24, 2.45) is 0 Å². The number of anilines is 1. The maximum atomic E-state index is 11.4. The minimum atomic E-state index is -0.708. The molecule has 98 valence electrons. The molecule has 0 aliphatic heterocycles. The Balaban J connectivity index is 2.09. The van der Waals surface area contributed by atoms with E-state index in [1.54, 1.807) is 0 Å². The topological polar surface area (TPSA) is 102 Å². The van der Waals surface area contributed by atoms with Crippen LogP contribution >= 0.6 is 0 Å². The molecule has 0 radical (unpaired) electrons. The number of aliphatic hydroxyl groups is 1. The molecule has 1 atom stereocenters. The fourth-order valence-corrected chi connectivity index (χ4v) is 1.67. The molecule has 0 bridgehead atoms. The summed E-state index contributed by atoms with van der Waals surface area (Å²) in [7, 11) is 0. The zero-order valence-electron chi connectivity index (χ0n) is 10.1. The summed E-state index contributed by atoms with van der Waals surface area (Å²) < 4.78 is 0. The second-order valence-corrected chi connectivity index (χ2v) is 3.95. The molecule has 6 heteroatoms. The molecule has 19 heavy (non-hydrogen) atoms. The van der Waals surface area contributed by atoms with Gasteiger partial charge in [-0.2, -0.15) is 0 Å². The van der Waals surface area contributed by atoms with Crippen molar-refractivity contribution in [2.45, 2.75) is 6.10 Å². The van der Waals surface area contributed by atoms with E-state index in [0.29, 0.717) is 0 Å². The van der Waals surface area contributed by atoms with Gasteiger partial charge in [-0.3, -0.25) is 4.79 Å². The lowest BCUT2D eigenvalue weighted by Crippen LogP contribution is -2.19. The highest BCUT2D eigenvalue weighted by Crippen LogP contribution is 2.13. The molecule has 1 heterocycles. The van der Waals surface area contributed by atoms with E-state index in [9.17, 15) is 9.90 Å². The fourth-order valence-electron chi connectivity index (χ4n) is 1.67. The summed E-state index contributed by atoms with van der Waals surface area (Å²) in [6.45, 7) is 0.210. The van der Waals surface area contributed by atoms with Crippen LogP contribution in [0, 0.1) is 5.41 Å². The lowest BCUT2D eigenvalue weighted by molar-refractivity contribution is 0.191. The molecule has 2 rings (SSSR count). The molecular formula is C13H14N4O2. The number of H-pyrrole nitrogens is 1. The molecule has 0 fully saturated rings. The van der Waals surface area contributed by atoms with Gasteiger partial charge in [-0.25, -0.2) is 4.98 Å². The molecule has 4 N–H and O–H groups in total. The van der Waals surface area contributed by atoms with E-state index >= 15 is 0 Å². The molecule has 6 nitrogen and oxygen atoms in total. The van der Waals surface area contributed by atoms with Crippen LogP contribution in [0.4, 0.5) is 5.82 Å². The zero-order chi connectivity index (χ0) is 13.7. The smallest absolute Gasteiger partial charge is 0.261 e. The number of hydrogen-bond acceptors (Lipinski definition) is 5. The number of aromatic nitrogens is 2. The van der Waals surface area contributed by atoms with Crippen molar-refractivity contribution in [3.05, 3.63) is 58.1 Å². The molecule has 2 aromatic rings. The lowest BCUT2D eigenvalue weighted by atomic mass is 10.1. The van der Waals surface area contributed by atoms with Gasteiger partial charge in [-0.05, 0) is 5.56 Å². The molecule has 0 aliphatic rings. The van der Waals surface area contributed by atoms with Crippen LogP contribution in [-0.2, 0) is 0 Å². The maximum Gasteiger partial charge on any atom is 0.261 e. The van der Waals surface area contributed by atoms with Gasteiger partial charge < -0.3 is 20.8 Å². The Morgan fingerprint density at radius 2 is 2.16 bits per heavy atom. The molecule has 1 aromatic carbocycles. The Morgan fingerprint density at radius 1 is 1.42 bits per heavy atom. The van der Waals surface area contributed by atoms with Crippen LogP contribution in [-0.4, -0.2) is 27.8 Å². The predicted molar refractivity (Wildman–Crippen MR) is 72.6 cm³/mol. The van der Waals surface area contributed by atoms with Crippen molar-refractivity contribution < 1.29 is 5.11 Å². The van der Waals surface area contributed by atoms with Crippen LogP contribution in [0.1, 0.15) is 17.2 Å². The summed E-state index contributed by atoms with van der Waals surface area (Å²) in [5.41, 5.74) is 0.528. The summed E-state index contributed by atoms with van der Waals surface area (Å²) in [6.07, 6.45) is 1.48. The largest absolute Gasteiger partial charge is 0.387 e. The zero-order valence-corrected chi connectivity index (χ0v) is 10.1. The first-order valence-corrected chi connectivity index (χ1v) is 5.77. The van der Waals surface area contributed by atoms with Gasteiger partial charge in [0, 0.05) is 12.8 Å². The Bertz CT molecular complexity index is 610. The quantitative estimate of drug-likeness (QED) is 0.599. The number of nitrogens with zero attached hydrogens (tertiary/aromatic N) is 1. The van der Waals surface area contributed by atoms with Crippen molar-refractivity contribution in [3.8, 4) is 0 Å². The summed E-state index contributed by atoms with van der Waals surface area (Å²) in [4.78, 5) is 17.8. The highest BCUT2D eigenvalue weighted by Gasteiger charge is 2.10. The van der Waals surface area contributed by atoms with Crippen molar-refractivity contribution in [1.29, 1.82) is 5.41 Å². The van der Waals surface area contributed by atoms with E-state index in [2.05, 4.69) is 15.3 Å². The van der Waals surface area contributed by atoms with Gasteiger partial charge in [-0.1, -0.05) is 30.3 Å². The van der Waals surface area contributed by atoms with E-state index in [1.807, 2.05) is 30.3 Å². The minimum absolute atomic E-state index is 0.141. The van der Waals surface area contributed by atoms with Gasteiger partial charge in [0.15, 0.2) is 0 Å². The predicted octanol–water partition coefficient (Wildman–Crippen LogP) is 0.913. The normalized spacial score (nSPS) is 11.8. The summed E-state index contributed by atoms with van der Waals surface area (Å²) in [5, 5.41) is 20.0. The highest BCUT2D eigenvalue weighted by molar-refractivity contribution is 5.83. The van der Waals surface area contributed by atoms with Crippen LogP contribution in [0.3, 0.4) is 0 Å². The first-order valence-electron chi connectivity index (χ1n) is 5.77. The average molecular weight is 258 g/mol. The molecule has 0 aliphatic carbocycles. The number of aliphatic hydroxyl groups excluding tert-OH is 1. The van der Waals surface area contributed by atoms with E-state index in [4.69, 9.17) is 5.41 Å². The molecule has 0 saturated heterocycles. The number of benzene rings is 1. The standard InChI is InChI=1S/C13H14N4O2/c14-6-10-12(16-8-17-13(10)19)15-7-11(18)9-4-2-1-3-5-9/h1-6,8,11,14,18H,7H2,(H2,15,16,17,19). The van der Waals surface area contributed by atoms with Crippen molar-refractivity contribution in [2.75, 3.05) is 11.9 Å². The summed E-state index contributed by atoms with van der Waals surface area (Å²) in [6, 6.07) is 9.18. The SMILES string of the molecule is N=Cc1c(NCC(O)c2ccccc2)nc[nH]c1=O. The van der Waals surface area contributed by atoms with Gasteiger partial charge >= 0.3 is 0 Å². The minimum Gasteiger partial charge on any atom is -0.387 e. The second kappa shape index (κ2) is 5.92. The van der Waals surface area contributed by atoms with Crippen LogP contribution in [0.2, 0.25) is 0 Å². The van der Waals surface area contributed by atoms with Crippen molar-refractivity contribution >= 4 is 12.0 Å². The number of hydrogen-bond donors (Lipinski definition) is 4. The van der Waals surface area contributed by atoms with Crippen LogP contribution in [0.25, 0.3) is 0 Å². The lowest BCUT2D eigenvalue weighted by Gasteiger charge is -2.13. The highest BCUT2D eigenvalue weighted by atomic mass is 16.3. The van der Waals surface area contributed by atoms with E-state index in [0.717, 1.165) is 11.8 Å². The Labute approximate surface area is 109 Å². The van der Waals surface area contributed by atoms with Crippen molar-refractivity contribution in [3.63, 3.8) is 0 Å². The summed E-state index contributed by atoms with van der Waals surface area (Å²) >= 11 is 0. The molecule has 0 saturated carbocycles. The fraction of sp³-hybridized carbons (Fsp3) is 0.154. The molecule has 1 unspecified atom stereocenters. The maximum absolute atomic E-state index is 11.4. The van der Waals surface area contributed by atoms with E-state index < -0.39 is 6.10 Å². The van der Waals surface area contributed by atoms with Gasteiger partial charge in [0.25, 0.3) is 5.56 Å². The van der Waals surface area contributed by atoms with Gasteiger partial charge in [0.2, 0.25) is 0 Å². The third-order valence-corrected chi connectivity index (χ3v) is 2.68. The van der Waals surface area contributed by atoms with Gasteiger partial charge in [0.1, 0.15) is 5.82 Å². The van der Waals surface area contributed by atoms with Gasteiger partial charge in [-0.15, -0.1) is 0 Å². The van der Waals surface area contributed by atoms with E-state index in [-0.39, 0.29) is 23.5 Å².